The number of benzene rings is 2. The quantitative estimate of drug-likeness (QED) is 0.645. The van der Waals surface area contributed by atoms with Crippen molar-refractivity contribution >= 4 is 23.5 Å². The zero-order valence-corrected chi connectivity index (χ0v) is 17.1. The summed E-state index contributed by atoms with van der Waals surface area (Å²) >= 11 is 6.00. The molecule has 0 bridgehead atoms. The summed E-state index contributed by atoms with van der Waals surface area (Å²) in [5.74, 6) is -0.901. The van der Waals surface area contributed by atoms with Gasteiger partial charge in [0.25, 0.3) is 5.91 Å². The number of aromatic hydroxyl groups is 1. The van der Waals surface area contributed by atoms with Gasteiger partial charge in [-0.3, -0.25) is 4.79 Å². The van der Waals surface area contributed by atoms with Gasteiger partial charge in [-0.1, -0.05) is 23.7 Å². The van der Waals surface area contributed by atoms with E-state index >= 15 is 0 Å². The van der Waals surface area contributed by atoms with Crippen molar-refractivity contribution in [2.75, 3.05) is 13.2 Å². The highest BCUT2D eigenvalue weighted by Gasteiger charge is 2.32. The first kappa shape index (κ1) is 20.0. The van der Waals surface area contributed by atoms with Crippen molar-refractivity contribution in [2.45, 2.75) is 19.9 Å². The van der Waals surface area contributed by atoms with Gasteiger partial charge in [-0.05, 0) is 43.3 Å². The smallest absolute Gasteiger partial charge is 0.359 e. The topological polar surface area (TPSA) is 84.7 Å². The third-order valence-electron chi connectivity index (χ3n) is 5.02. The molecule has 1 N–H and O–H groups in total. The fraction of sp³-hybridized carbons (Fsp3) is 0.227. The van der Waals surface area contributed by atoms with Crippen LogP contribution in [0.15, 0.2) is 48.5 Å². The molecule has 2 aromatic carbocycles. The van der Waals surface area contributed by atoms with Crippen molar-refractivity contribution in [3.05, 3.63) is 76.1 Å². The minimum absolute atomic E-state index is 0.0734. The monoisotopic (exact) mass is 425 g/mol. The Kier molecular flexibility index (Phi) is 5.46. The number of carbonyl (C=O) groups excluding carboxylic acids is 2. The molecule has 1 aliphatic rings. The summed E-state index contributed by atoms with van der Waals surface area (Å²) in [6.07, 6.45) is 0.504. The van der Waals surface area contributed by atoms with E-state index in [1.165, 1.54) is 6.07 Å². The van der Waals surface area contributed by atoms with Gasteiger partial charge >= 0.3 is 5.97 Å². The third kappa shape index (κ3) is 3.64. The van der Waals surface area contributed by atoms with Crippen LogP contribution in [0, 0.1) is 0 Å². The summed E-state index contributed by atoms with van der Waals surface area (Å²) in [5.41, 5.74) is 2.69. The second kappa shape index (κ2) is 8.20. The zero-order chi connectivity index (χ0) is 21.3. The first-order chi connectivity index (χ1) is 14.5. The number of nitrogens with zero attached hydrogens (tertiary/aromatic N) is 3. The van der Waals surface area contributed by atoms with Crippen LogP contribution in [0.2, 0.25) is 5.02 Å². The highest BCUT2D eigenvalue weighted by Crippen LogP contribution is 2.28. The van der Waals surface area contributed by atoms with Crippen LogP contribution in [0.1, 0.15) is 39.0 Å². The molecule has 0 aliphatic carbocycles. The molecule has 3 aromatic rings. The summed E-state index contributed by atoms with van der Waals surface area (Å²) in [7, 11) is 0. The van der Waals surface area contributed by atoms with Crippen LogP contribution in [0.5, 0.6) is 5.75 Å². The fourth-order valence-corrected chi connectivity index (χ4v) is 3.70. The molecule has 0 spiro atoms. The Hall–Kier alpha value is -3.32. The van der Waals surface area contributed by atoms with Gasteiger partial charge in [0.2, 0.25) is 0 Å². The number of aromatic nitrogens is 2. The highest BCUT2D eigenvalue weighted by molar-refractivity contribution is 6.30. The standard InChI is InChI=1S/C22H20ClN3O4/c1-2-30-22(29)20-17-13-25(21(28)16-5-3-4-6-19(16)27)12-11-18(17)26(24-20)15-9-7-14(23)8-10-15/h3-10,27H,2,11-13H2,1H3. The van der Waals surface area contributed by atoms with Crippen LogP contribution in [0.4, 0.5) is 0 Å². The molecule has 2 heterocycles. The molecule has 0 saturated carbocycles. The van der Waals surface area contributed by atoms with E-state index < -0.39 is 5.97 Å². The van der Waals surface area contributed by atoms with Gasteiger partial charge in [0.1, 0.15) is 5.75 Å². The molecule has 0 radical (unpaired) electrons. The van der Waals surface area contributed by atoms with E-state index in [0.717, 1.165) is 11.4 Å². The van der Waals surface area contributed by atoms with Crippen LogP contribution in [-0.4, -0.2) is 44.8 Å². The molecule has 1 amide bonds. The second-order valence-electron chi connectivity index (χ2n) is 6.88. The largest absolute Gasteiger partial charge is 0.507 e. The lowest BCUT2D eigenvalue weighted by Gasteiger charge is -2.28. The number of rotatable bonds is 4. The maximum Gasteiger partial charge on any atom is 0.359 e. The number of hydrogen-bond donors (Lipinski definition) is 1. The zero-order valence-electron chi connectivity index (χ0n) is 16.3. The molecule has 0 fully saturated rings. The summed E-state index contributed by atoms with van der Waals surface area (Å²) in [5, 5.41) is 15.2. The predicted octanol–water partition coefficient (Wildman–Crippen LogP) is 3.61. The molecule has 0 saturated heterocycles. The number of phenols is 1. The van der Waals surface area contributed by atoms with Gasteiger partial charge in [0.15, 0.2) is 5.69 Å². The number of amides is 1. The SMILES string of the molecule is CCOC(=O)c1nn(-c2ccc(Cl)cc2)c2c1CN(C(=O)c1ccccc1O)CC2. The van der Waals surface area contributed by atoms with Crippen LogP contribution in [0.3, 0.4) is 0 Å². The second-order valence-corrected chi connectivity index (χ2v) is 7.31. The van der Waals surface area contributed by atoms with Crippen molar-refractivity contribution in [1.82, 2.24) is 14.7 Å². The maximum atomic E-state index is 13.0. The number of fused-ring (bicyclic) bond motifs is 1. The molecule has 0 atom stereocenters. The van der Waals surface area contributed by atoms with Gasteiger partial charge in [0.05, 0.1) is 30.1 Å². The summed E-state index contributed by atoms with van der Waals surface area (Å²) < 4.78 is 6.89. The Morgan fingerprint density at radius 1 is 1.17 bits per heavy atom. The number of hydrogen-bond acceptors (Lipinski definition) is 5. The number of halogens is 1. The Balaban J connectivity index is 1.73. The van der Waals surface area contributed by atoms with Crippen molar-refractivity contribution in [3.8, 4) is 11.4 Å². The number of ether oxygens (including phenoxy) is 1. The average molecular weight is 426 g/mol. The Labute approximate surface area is 178 Å². The lowest BCUT2D eigenvalue weighted by molar-refractivity contribution is 0.0513. The molecule has 4 rings (SSSR count). The lowest BCUT2D eigenvalue weighted by atomic mass is 10.0. The third-order valence-corrected chi connectivity index (χ3v) is 5.27. The Bertz CT molecular complexity index is 1110. The van der Waals surface area contributed by atoms with Gasteiger partial charge in [0, 0.05) is 23.6 Å². The van der Waals surface area contributed by atoms with E-state index in [-0.39, 0.29) is 36.1 Å². The minimum Gasteiger partial charge on any atom is -0.507 e. The molecule has 0 unspecified atom stereocenters. The molecule has 8 heteroatoms. The van der Waals surface area contributed by atoms with Gasteiger partial charge in [-0.2, -0.15) is 5.10 Å². The summed E-state index contributed by atoms with van der Waals surface area (Å²) in [6.45, 7) is 2.59. The van der Waals surface area contributed by atoms with Crippen LogP contribution in [-0.2, 0) is 17.7 Å². The van der Waals surface area contributed by atoms with Gasteiger partial charge in [-0.25, -0.2) is 9.48 Å². The van der Waals surface area contributed by atoms with Crippen molar-refractivity contribution in [2.24, 2.45) is 0 Å². The van der Waals surface area contributed by atoms with Crippen molar-refractivity contribution in [1.29, 1.82) is 0 Å². The first-order valence-electron chi connectivity index (χ1n) is 9.60. The Morgan fingerprint density at radius 2 is 1.90 bits per heavy atom. The van der Waals surface area contributed by atoms with E-state index in [2.05, 4.69) is 5.10 Å². The number of para-hydroxylation sites is 1. The van der Waals surface area contributed by atoms with Gasteiger partial charge < -0.3 is 14.7 Å². The number of phenolic OH excluding ortho intramolecular Hbond substituents is 1. The molecule has 30 heavy (non-hydrogen) atoms. The van der Waals surface area contributed by atoms with Crippen LogP contribution in [0.25, 0.3) is 5.69 Å². The summed E-state index contributed by atoms with van der Waals surface area (Å²) in [4.78, 5) is 27.1. The molecular formula is C22H20ClN3O4. The number of esters is 1. The van der Waals surface area contributed by atoms with Gasteiger partial charge in [-0.15, -0.1) is 0 Å². The normalized spacial score (nSPS) is 13.1. The molecular weight excluding hydrogens is 406 g/mol. The predicted molar refractivity (Wildman–Crippen MR) is 111 cm³/mol. The Morgan fingerprint density at radius 3 is 2.60 bits per heavy atom. The van der Waals surface area contributed by atoms with E-state index in [4.69, 9.17) is 16.3 Å². The summed E-state index contributed by atoms with van der Waals surface area (Å²) in [6, 6.07) is 13.6. The first-order valence-corrected chi connectivity index (χ1v) is 9.98. The lowest BCUT2D eigenvalue weighted by Crippen LogP contribution is -2.36. The molecule has 154 valence electrons. The van der Waals surface area contributed by atoms with Crippen LogP contribution < -0.4 is 0 Å². The van der Waals surface area contributed by atoms with E-state index in [9.17, 15) is 14.7 Å². The molecule has 1 aromatic heterocycles. The van der Waals surface area contributed by atoms with E-state index in [1.54, 1.807) is 46.8 Å². The maximum absolute atomic E-state index is 13.0. The van der Waals surface area contributed by atoms with E-state index in [0.29, 0.717) is 23.6 Å². The fourth-order valence-electron chi connectivity index (χ4n) is 3.58. The van der Waals surface area contributed by atoms with Crippen molar-refractivity contribution in [3.63, 3.8) is 0 Å². The van der Waals surface area contributed by atoms with E-state index in [1.807, 2.05) is 12.1 Å². The molecule has 1 aliphatic heterocycles. The number of carbonyl (C=O) groups is 2. The average Bonchev–Trinajstić information content (AvgIpc) is 3.13. The van der Waals surface area contributed by atoms with Crippen LogP contribution >= 0.6 is 11.6 Å². The van der Waals surface area contributed by atoms with Crippen molar-refractivity contribution < 1.29 is 19.4 Å². The highest BCUT2D eigenvalue weighted by atomic mass is 35.5. The molecule has 7 nitrogen and oxygen atoms in total. The minimum atomic E-state index is -0.529.